The normalized spacial score (nSPS) is 18.7. The standard InChI is InChI=1S/C18H23N3O2/c1-14(22)17-19-10-7-16(20-17)21-11-8-18(23,9-12-21)13-15-5-3-2-4-6-15/h2-7,10,14,22-23H,8-9,11-13H2,1H3. The SMILES string of the molecule is CC(O)c1nccc(N2CCC(O)(Cc3ccccc3)CC2)n1. The van der Waals surface area contributed by atoms with Gasteiger partial charge in [-0.05, 0) is 31.4 Å². The van der Waals surface area contributed by atoms with Gasteiger partial charge in [0, 0.05) is 25.7 Å². The zero-order valence-electron chi connectivity index (χ0n) is 13.4. The Kier molecular flexibility index (Phi) is 4.59. The van der Waals surface area contributed by atoms with Crippen molar-refractivity contribution in [2.24, 2.45) is 0 Å². The van der Waals surface area contributed by atoms with Crippen LogP contribution in [0.4, 0.5) is 5.82 Å². The zero-order valence-corrected chi connectivity index (χ0v) is 13.4. The van der Waals surface area contributed by atoms with Gasteiger partial charge in [-0.2, -0.15) is 0 Å². The first-order valence-corrected chi connectivity index (χ1v) is 8.08. The van der Waals surface area contributed by atoms with Crippen molar-refractivity contribution in [1.82, 2.24) is 9.97 Å². The van der Waals surface area contributed by atoms with Crippen LogP contribution in [-0.4, -0.2) is 38.9 Å². The van der Waals surface area contributed by atoms with Gasteiger partial charge in [-0.1, -0.05) is 30.3 Å². The van der Waals surface area contributed by atoms with Crippen molar-refractivity contribution in [3.8, 4) is 0 Å². The number of aliphatic hydroxyl groups is 2. The highest BCUT2D eigenvalue weighted by molar-refractivity contribution is 5.38. The summed E-state index contributed by atoms with van der Waals surface area (Å²) in [5.41, 5.74) is 0.514. The molecule has 0 aliphatic carbocycles. The first-order chi connectivity index (χ1) is 11.1. The first kappa shape index (κ1) is 15.9. The van der Waals surface area contributed by atoms with E-state index in [1.54, 1.807) is 13.1 Å². The van der Waals surface area contributed by atoms with Crippen molar-refractivity contribution < 1.29 is 10.2 Å². The molecule has 5 heteroatoms. The number of nitrogens with zero attached hydrogens (tertiary/aromatic N) is 3. The Labute approximate surface area is 136 Å². The number of anilines is 1. The molecule has 3 rings (SSSR count). The molecular weight excluding hydrogens is 290 g/mol. The number of benzene rings is 1. The van der Waals surface area contributed by atoms with Gasteiger partial charge < -0.3 is 15.1 Å². The van der Waals surface area contributed by atoms with E-state index in [1.807, 2.05) is 24.3 Å². The predicted molar refractivity (Wildman–Crippen MR) is 89.2 cm³/mol. The number of aromatic nitrogens is 2. The summed E-state index contributed by atoms with van der Waals surface area (Å²) in [6.45, 7) is 3.16. The smallest absolute Gasteiger partial charge is 0.158 e. The largest absolute Gasteiger partial charge is 0.389 e. The summed E-state index contributed by atoms with van der Waals surface area (Å²) in [5, 5.41) is 20.4. The lowest BCUT2D eigenvalue weighted by molar-refractivity contribution is 0.0164. The Morgan fingerprint density at radius 1 is 1.17 bits per heavy atom. The third-order valence-electron chi connectivity index (χ3n) is 4.43. The van der Waals surface area contributed by atoms with Crippen molar-refractivity contribution >= 4 is 5.82 Å². The van der Waals surface area contributed by atoms with Crippen molar-refractivity contribution in [1.29, 1.82) is 0 Å². The molecule has 0 spiro atoms. The van der Waals surface area contributed by atoms with Crippen LogP contribution >= 0.6 is 0 Å². The van der Waals surface area contributed by atoms with Gasteiger partial charge in [-0.3, -0.25) is 0 Å². The van der Waals surface area contributed by atoms with E-state index in [0.29, 0.717) is 25.1 Å². The van der Waals surface area contributed by atoms with Crippen LogP contribution in [0.1, 0.15) is 37.3 Å². The molecule has 1 saturated heterocycles. The minimum Gasteiger partial charge on any atom is -0.389 e. The number of rotatable bonds is 4. The highest BCUT2D eigenvalue weighted by Gasteiger charge is 2.32. The molecule has 1 atom stereocenters. The third-order valence-corrected chi connectivity index (χ3v) is 4.43. The topological polar surface area (TPSA) is 69.5 Å². The molecule has 0 amide bonds. The molecule has 1 unspecified atom stereocenters. The van der Waals surface area contributed by atoms with Gasteiger partial charge in [-0.25, -0.2) is 9.97 Å². The summed E-state index contributed by atoms with van der Waals surface area (Å²) in [5.74, 6) is 1.25. The zero-order chi connectivity index (χ0) is 16.3. The first-order valence-electron chi connectivity index (χ1n) is 8.08. The Bertz CT molecular complexity index is 638. The quantitative estimate of drug-likeness (QED) is 0.904. The minimum atomic E-state index is -0.672. The van der Waals surface area contributed by atoms with Gasteiger partial charge in [0.25, 0.3) is 0 Å². The number of hydrogen-bond donors (Lipinski definition) is 2. The van der Waals surface area contributed by atoms with Crippen LogP contribution in [-0.2, 0) is 6.42 Å². The van der Waals surface area contributed by atoms with Crippen LogP contribution in [0.15, 0.2) is 42.6 Å². The molecule has 0 bridgehead atoms. The van der Waals surface area contributed by atoms with Crippen molar-refractivity contribution in [2.45, 2.75) is 37.9 Å². The van der Waals surface area contributed by atoms with E-state index in [1.165, 1.54) is 5.56 Å². The molecule has 1 fully saturated rings. The van der Waals surface area contributed by atoms with Crippen LogP contribution in [0.5, 0.6) is 0 Å². The van der Waals surface area contributed by atoms with Crippen molar-refractivity contribution in [3.63, 3.8) is 0 Å². The number of piperidine rings is 1. The molecule has 1 aliphatic rings. The minimum absolute atomic E-state index is 0.438. The van der Waals surface area contributed by atoms with E-state index in [9.17, 15) is 10.2 Å². The molecule has 1 aromatic heterocycles. The van der Waals surface area contributed by atoms with E-state index in [4.69, 9.17) is 0 Å². The van der Waals surface area contributed by atoms with Gasteiger partial charge in [0.15, 0.2) is 5.82 Å². The second kappa shape index (κ2) is 6.64. The average molecular weight is 313 g/mol. The van der Waals surface area contributed by atoms with E-state index in [-0.39, 0.29) is 0 Å². The van der Waals surface area contributed by atoms with Crippen LogP contribution in [0.2, 0.25) is 0 Å². The van der Waals surface area contributed by atoms with Crippen LogP contribution in [0, 0.1) is 0 Å². The monoisotopic (exact) mass is 313 g/mol. The maximum Gasteiger partial charge on any atom is 0.158 e. The maximum atomic E-state index is 10.8. The number of aliphatic hydroxyl groups excluding tert-OH is 1. The maximum absolute atomic E-state index is 10.8. The van der Waals surface area contributed by atoms with E-state index in [2.05, 4.69) is 27.0 Å². The van der Waals surface area contributed by atoms with Crippen molar-refractivity contribution in [3.05, 3.63) is 54.0 Å². The lowest BCUT2D eigenvalue weighted by Crippen LogP contribution is -2.46. The van der Waals surface area contributed by atoms with Crippen LogP contribution in [0.3, 0.4) is 0 Å². The predicted octanol–water partition coefficient (Wildman–Crippen LogP) is 2.10. The third kappa shape index (κ3) is 3.86. The summed E-state index contributed by atoms with van der Waals surface area (Å²) in [6.07, 6.45) is 3.10. The average Bonchev–Trinajstić information content (AvgIpc) is 2.56. The molecule has 2 aromatic rings. The molecule has 1 aromatic carbocycles. The summed E-state index contributed by atoms with van der Waals surface area (Å²) in [7, 11) is 0. The Morgan fingerprint density at radius 2 is 1.87 bits per heavy atom. The van der Waals surface area contributed by atoms with Gasteiger partial charge >= 0.3 is 0 Å². The van der Waals surface area contributed by atoms with E-state index >= 15 is 0 Å². The molecule has 2 N–H and O–H groups in total. The lowest BCUT2D eigenvalue weighted by Gasteiger charge is -2.39. The molecule has 0 radical (unpaired) electrons. The lowest BCUT2D eigenvalue weighted by atomic mass is 9.85. The van der Waals surface area contributed by atoms with Gasteiger partial charge in [-0.15, -0.1) is 0 Å². The van der Waals surface area contributed by atoms with Gasteiger partial charge in [0.1, 0.15) is 11.9 Å². The molecule has 2 heterocycles. The molecule has 122 valence electrons. The van der Waals surface area contributed by atoms with Crippen LogP contribution < -0.4 is 4.90 Å². The van der Waals surface area contributed by atoms with E-state index < -0.39 is 11.7 Å². The Balaban J connectivity index is 1.65. The summed E-state index contributed by atoms with van der Waals surface area (Å²) in [6, 6.07) is 12.0. The summed E-state index contributed by atoms with van der Waals surface area (Å²) >= 11 is 0. The Hall–Kier alpha value is -1.98. The summed E-state index contributed by atoms with van der Waals surface area (Å²) in [4.78, 5) is 10.6. The van der Waals surface area contributed by atoms with Gasteiger partial charge in [0.05, 0.1) is 5.60 Å². The fourth-order valence-corrected chi connectivity index (χ4v) is 3.05. The summed E-state index contributed by atoms with van der Waals surface area (Å²) < 4.78 is 0. The second-order valence-electron chi connectivity index (χ2n) is 6.32. The molecule has 23 heavy (non-hydrogen) atoms. The fraction of sp³-hybridized carbons (Fsp3) is 0.444. The number of hydrogen-bond acceptors (Lipinski definition) is 5. The molecule has 5 nitrogen and oxygen atoms in total. The van der Waals surface area contributed by atoms with E-state index in [0.717, 1.165) is 18.9 Å². The highest BCUT2D eigenvalue weighted by Crippen LogP contribution is 2.28. The highest BCUT2D eigenvalue weighted by atomic mass is 16.3. The molecule has 1 aliphatic heterocycles. The Morgan fingerprint density at radius 3 is 2.52 bits per heavy atom. The van der Waals surface area contributed by atoms with Gasteiger partial charge in [0.2, 0.25) is 0 Å². The molecule has 0 saturated carbocycles. The molecular formula is C18H23N3O2. The second-order valence-corrected chi connectivity index (χ2v) is 6.32. The van der Waals surface area contributed by atoms with Crippen LogP contribution in [0.25, 0.3) is 0 Å². The fourth-order valence-electron chi connectivity index (χ4n) is 3.05. The van der Waals surface area contributed by atoms with Crippen molar-refractivity contribution in [2.75, 3.05) is 18.0 Å².